The number of carbonyl (C=O) groups is 2. The SMILES string of the molecule is COC(=O)CCc1cccc(Cc2c(OC)ccc(CCN(C)C)c2OC)c1.NC(=O)c1c(F)cccc1F. The van der Waals surface area contributed by atoms with E-state index < -0.39 is 23.1 Å². The lowest BCUT2D eigenvalue weighted by Gasteiger charge is -2.18. The predicted molar refractivity (Wildman–Crippen MR) is 146 cm³/mol. The number of halogens is 2. The monoisotopic (exact) mass is 542 g/mol. The maximum atomic E-state index is 12.6. The van der Waals surface area contributed by atoms with Gasteiger partial charge < -0.3 is 24.8 Å². The Hall–Kier alpha value is -3.98. The zero-order chi connectivity index (χ0) is 28.9. The summed E-state index contributed by atoms with van der Waals surface area (Å²) in [7, 11) is 8.95. The molecule has 210 valence electrons. The molecule has 9 heteroatoms. The summed E-state index contributed by atoms with van der Waals surface area (Å²) in [6, 6.07) is 15.5. The number of nitrogens with zero attached hydrogens (tertiary/aromatic N) is 1. The van der Waals surface area contributed by atoms with Crippen LogP contribution in [0.4, 0.5) is 8.78 Å². The molecule has 3 rings (SSSR count). The molecule has 3 aromatic rings. The normalized spacial score (nSPS) is 10.5. The molecule has 0 unspecified atom stereocenters. The smallest absolute Gasteiger partial charge is 0.305 e. The van der Waals surface area contributed by atoms with Crippen LogP contribution in [0.15, 0.2) is 54.6 Å². The minimum absolute atomic E-state index is 0.192. The molecule has 0 bridgehead atoms. The zero-order valence-electron chi connectivity index (χ0n) is 23.1. The number of primary amides is 1. The lowest BCUT2D eigenvalue weighted by Crippen LogP contribution is -2.15. The molecular weight excluding hydrogens is 506 g/mol. The molecule has 7 nitrogen and oxygen atoms in total. The summed E-state index contributed by atoms with van der Waals surface area (Å²) in [5.41, 5.74) is 8.50. The Balaban J connectivity index is 0.000000404. The molecular formula is C30H36F2N2O5. The number of likely N-dealkylation sites (N-methyl/N-ethyl adjacent to an activating group) is 1. The van der Waals surface area contributed by atoms with Crippen molar-refractivity contribution in [3.63, 3.8) is 0 Å². The Kier molecular flexibility index (Phi) is 12.4. The van der Waals surface area contributed by atoms with E-state index in [4.69, 9.17) is 19.9 Å². The van der Waals surface area contributed by atoms with Crippen LogP contribution in [-0.2, 0) is 28.8 Å². The van der Waals surface area contributed by atoms with E-state index >= 15 is 0 Å². The number of nitrogens with two attached hydrogens (primary N) is 1. The second-order valence-electron chi connectivity index (χ2n) is 9.03. The van der Waals surface area contributed by atoms with Crippen LogP contribution in [0.2, 0.25) is 0 Å². The largest absolute Gasteiger partial charge is 0.496 e. The van der Waals surface area contributed by atoms with Crippen LogP contribution in [0.1, 0.15) is 39.0 Å². The summed E-state index contributed by atoms with van der Waals surface area (Å²) in [4.78, 5) is 24.0. The maximum Gasteiger partial charge on any atom is 0.305 e. The van der Waals surface area contributed by atoms with Crippen LogP contribution in [0.25, 0.3) is 0 Å². The van der Waals surface area contributed by atoms with Crippen molar-refractivity contribution in [2.24, 2.45) is 5.73 Å². The van der Waals surface area contributed by atoms with Gasteiger partial charge >= 0.3 is 5.97 Å². The third-order valence-corrected chi connectivity index (χ3v) is 5.98. The highest BCUT2D eigenvalue weighted by molar-refractivity contribution is 5.93. The molecule has 0 aromatic heterocycles. The highest BCUT2D eigenvalue weighted by atomic mass is 19.1. The number of ether oxygens (including phenoxy) is 3. The summed E-state index contributed by atoms with van der Waals surface area (Å²) in [6.45, 7) is 0.950. The van der Waals surface area contributed by atoms with E-state index in [9.17, 15) is 18.4 Å². The van der Waals surface area contributed by atoms with Gasteiger partial charge in [0.1, 0.15) is 28.7 Å². The number of aryl methyl sites for hydroxylation is 1. The average Bonchev–Trinajstić information content (AvgIpc) is 2.90. The number of rotatable bonds is 11. The zero-order valence-corrected chi connectivity index (χ0v) is 23.1. The first-order valence-electron chi connectivity index (χ1n) is 12.4. The minimum atomic E-state index is -1.10. The Labute approximate surface area is 228 Å². The van der Waals surface area contributed by atoms with Gasteiger partial charge in [0.15, 0.2) is 0 Å². The van der Waals surface area contributed by atoms with E-state index in [0.29, 0.717) is 19.3 Å². The van der Waals surface area contributed by atoms with Crippen molar-refractivity contribution in [2.45, 2.75) is 25.7 Å². The molecule has 0 heterocycles. The molecule has 0 radical (unpaired) electrons. The van der Waals surface area contributed by atoms with Gasteiger partial charge in [0.25, 0.3) is 5.91 Å². The Morgan fingerprint density at radius 3 is 2.05 bits per heavy atom. The highest BCUT2D eigenvalue weighted by Crippen LogP contribution is 2.34. The Bertz CT molecular complexity index is 1240. The molecule has 0 spiro atoms. The number of methoxy groups -OCH3 is 3. The van der Waals surface area contributed by atoms with Gasteiger partial charge in [-0.1, -0.05) is 36.4 Å². The van der Waals surface area contributed by atoms with E-state index in [1.165, 1.54) is 12.7 Å². The minimum Gasteiger partial charge on any atom is -0.496 e. The van der Waals surface area contributed by atoms with Crippen molar-refractivity contribution in [2.75, 3.05) is 42.0 Å². The molecule has 3 aromatic carbocycles. The van der Waals surface area contributed by atoms with Gasteiger partial charge in [0.2, 0.25) is 0 Å². The third kappa shape index (κ3) is 9.37. The molecule has 0 aliphatic rings. The van der Waals surface area contributed by atoms with Crippen molar-refractivity contribution < 1.29 is 32.6 Å². The van der Waals surface area contributed by atoms with Crippen LogP contribution in [0.3, 0.4) is 0 Å². The quantitative estimate of drug-likeness (QED) is 0.357. The number of benzene rings is 3. The van der Waals surface area contributed by atoms with Gasteiger partial charge in [0, 0.05) is 24.9 Å². The van der Waals surface area contributed by atoms with E-state index in [-0.39, 0.29) is 5.97 Å². The van der Waals surface area contributed by atoms with E-state index in [2.05, 4.69) is 37.2 Å². The first kappa shape index (κ1) is 31.2. The molecule has 0 aliphatic carbocycles. The molecule has 0 aliphatic heterocycles. The first-order valence-corrected chi connectivity index (χ1v) is 12.4. The Morgan fingerprint density at radius 1 is 0.872 bits per heavy atom. The summed E-state index contributed by atoms with van der Waals surface area (Å²) in [5.74, 6) is -1.44. The second-order valence-corrected chi connectivity index (χ2v) is 9.03. The van der Waals surface area contributed by atoms with Crippen LogP contribution < -0.4 is 15.2 Å². The highest BCUT2D eigenvalue weighted by Gasteiger charge is 2.16. The lowest BCUT2D eigenvalue weighted by atomic mass is 9.97. The van der Waals surface area contributed by atoms with Crippen molar-refractivity contribution in [3.05, 3.63) is 94.0 Å². The average molecular weight is 543 g/mol. The maximum absolute atomic E-state index is 12.6. The van der Waals surface area contributed by atoms with Crippen molar-refractivity contribution >= 4 is 11.9 Å². The van der Waals surface area contributed by atoms with Gasteiger partial charge in [-0.25, -0.2) is 8.78 Å². The molecule has 1 amide bonds. The summed E-state index contributed by atoms with van der Waals surface area (Å²) >= 11 is 0. The molecule has 2 N–H and O–H groups in total. The number of hydrogen-bond donors (Lipinski definition) is 1. The predicted octanol–water partition coefficient (Wildman–Crippen LogP) is 4.57. The lowest BCUT2D eigenvalue weighted by molar-refractivity contribution is -0.140. The fourth-order valence-electron chi connectivity index (χ4n) is 3.99. The number of amides is 1. The van der Waals surface area contributed by atoms with Crippen LogP contribution in [0, 0.1) is 11.6 Å². The van der Waals surface area contributed by atoms with E-state index in [1.54, 1.807) is 14.2 Å². The fraction of sp³-hybridized carbons (Fsp3) is 0.333. The van der Waals surface area contributed by atoms with Crippen LogP contribution in [0.5, 0.6) is 11.5 Å². The number of hydrogen-bond acceptors (Lipinski definition) is 6. The van der Waals surface area contributed by atoms with Crippen molar-refractivity contribution in [1.29, 1.82) is 0 Å². The van der Waals surface area contributed by atoms with Crippen LogP contribution >= 0.6 is 0 Å². The number of esters is 1. The van der Waals surface area contributed by atoms with Crippen molar-refractivity contribution in [3.8, 4) is 11.5 Å². The van der Waals surface area contributed by atoms with Crippen molar-refractivity contribution in [1.82, 2.24) is 4.90 Å². The topological polar surface area (TPSA) is 91.1 Å². The van der Waals surface area contributed by atoms with Gasteiger partial charge in [-0.2, -0.15) is 0 Å². The van der Waals surface area contributed by atoms with Gasteiger partial charge in [-0.15, -0.1) is 0 Å². The molecule has 0 saturated carbocycles. The molecule has 0 fully saturated rings. The molecule has 0 atom stereocenters. The third-order valence-electron chi connectivity index (χ3n) is 5.98. The first-order chi connectivity index (χ1) is 18.6. The van der Waals surface area contributed by atoms with Gasteiger partial charge in [-0.3, -0.25) is 9.59 Å². The van der Waals surface area contributed by atoms with E-state index in [0.717, 1.165) is 59.4 Å². The Morgan fingerprint density at radius 2 is 1.51 bits per heavy atom. The second kappa shape index (κ2) is 15.4. The van der Waals surface area contributed by atoms with Crippen LogP contribution in [-0.4, -0.2) is 58.7 Å². The summed E-state index contributed by atoms with van der Waals surface area (Å²) in [6.07, 6.45) is 2.66. The number of carbonyl (C=O) groups excluding carboxylic acids is 2. The van der Waals surface area contributed by atoms with Gasteiger partial charge in [0.05, 0.1) is 21.3 Å². The molecule has 0 saturated heterocycles. The van der Waals surface area contributed by atoms with Gasteiger partial charge in [-0.05, 0) is 61.8 Å². The fourth-order valence-corrected chi connectivity index (χ4v) is 3.99. The molecule has 39 heavy (non-hydrogen) atoms. The standard InChI is InChI=1S/C23H31NO4.C7H5F2NO/c1-24(2)14-13-19-10-11-21(26-3)20(23(19)28-5)16-18-8-6-7-17(15-18)9-12-22(25)27-4;8-4-2-1-3-5(9)6(4)7(10)11/h6-8,10-11,15H,9,12-14,16H2,1-5H3;1-3H,(H2,10,11). The van der Waals surface area contributed by atoms with E-state index in [1.807, 2.05) is 18.2 Å². The summed E-state index contributed by atoms with van der Waals surface area (Å²) < 4.78 is 41.3. The summed E-state index contributed by atoms with van der Waals surface area (Å²) in [5, 5.41) is 0.